The topological polar surface area (TPSA) is 136 Å². The van der Waals surface area contributed by atoms with Crippen molar-refractivity contribution in [3.8, 4) is 11.3 Å². The first kappa shape index (κ1) is 30.7. The highest BCUT2D eigenvalue weighted by Gasteiger charge is 2.32. The Bertz CT molecular complexity index is 1640. The lowest BCUT2D eigenvalue weighted by molar-refractivity contribution is -0.122. The Hall–Kier alpha value is -4.71. The van der Waals surface area contributed by atoms with Gasteiger partial charge in [0, 0.05) is 35.1 Å². The number of hydrogen-bond donors (Lipinski definition) is 3. The number of halogens is 2. The maximum absolute atomic E-state index is 13.2. The standard InChI is InChI=1S/C32H35F2N7O3/c1-3-19(29(33)34)17-25(36-2)39-32(43)21-9-7-20(8-10-21)27-28-30(35)37-18-24-6-4-5-14-44-15-13-26(42)38-23-12-11-22(16-23)31(40-27)41(24)28/h3-4,6-10,17-18,22-23,29H,2,5,11-16H2,1H3,(H2,35,37)(H,38,42)(H,39,43)/b6-4+,19-3+,25-17+/t22-,23?/m1/s1. The first-order valence-corrected chi connectivity index (χ1v) is 14.5. The number of imidazole rings is 1. The number of hydrogen-bond acceptors (Lipinski definition) is 7. The van der Waals surface area contributed by atoms with Crippen molar-refractivity contribution in [1.82, 2.24) is 25.0 Å². The Balaban J connectivity index is 1.50. The minimum atomic E-state index is -2.71. The second-order valence-electron chi connectivity index (χ2n) is 10.7. The van der Waals surface area contributed by atoms with Crippen LogP contribution in [0.1, 0.15) is 66.8 Å². The zero-order valence-corrected chi connectivity index (χ0v) is 24.4. The second kappa shape index (κ2) is 13.7. The second-order valence-corrected chi connectivity index (χ2v) is 10.7. The number of carbonyl (C=O) groups excluding carboxylic acids is 2. The van der Waals surface area contributed by atoms with E-state index in [1.165, 1.54) is 13.0 Å². The molecule has 4 N–H and O–H groups in total. The van der Waals surface area contributed by atoms with Gasteiger partial charge in [-0.1, -0.05) is 24.3 Å². The third kappa shape index (κ3) is 6.75. The molecule has 5 rings (SSSR count). The van der Waals surface area contributed by atoms with Crippen molar-refractivity contribution in [3.63, 3.8) is 0 Å². The van der Waals surface area contributed by atoms with Crippen molar-refractivity contribution in [3.05, 3.63) is 77.2 Å². The minimum absolute atomic E-state index is 0.0178. The molecule has 1 aliphatic carbocycles. The minimum Gasteiger partial charge on any atom is -0.382 e. The monoisotopic (exact) mass is 603 g/mol. The van der Waals surface area contributed by atoms with Gasteiger partial charge >= 0.3 is 0 Å². The fourth-order valence-electron chi connectivity index (χ4n) is 5.57. The fourth-order valence-corrected chi connectivity index (χ4v) is 5.57. The van der Waals surface area contributed by atoms with Crippen LogP contribution < -0.4 is 16.4 Å². The zero-order valence-electron chi connectivity index (χ0n) is 24.4. The molecule has 230 valence electrons. The lowest BCUT2D eigenvalue weighted by atomic mass is 10.1. The summed E-state index contributed by atoms with van der Waals surface area (Å²) >= 11 is 0. The molecule has 0 radical (unpaired) electrons. The summed E-state index contributed by atoms with van der Waals surface area (Å²) in [7, 11) is 0. The van der Waals surface area contributed by atoms with Crippen molar-refractivity contribution in [2.24, 2.45) is 4.99 Å². The van der Waals surface area contributed by atoms with Crippen LogP contribution >= 0.6 is 0 Å². The van der Waals surface area contributed by atoms with Crippen LogP contribution in [-0.4, -0.2) is 58.6 Å². The number of amides is 2. The predicted octanol–water partition coefficient (Wildman–Crippen LogP) is 5.04. The summed E-state index contributed by atoms with van der Waals surface area (Å²) in [6.07, 6.45) is 8.73. The number of anilines is 1. The smallest absolute Gasteiger partial charge is 0.263 e. The van der Waals surface area contributed by atoms with Crippen LogP contribution in [0.5, 0.6) is 0 Å². The van der Waals surface area contributed by atoms with Crippen LogP contribution in [0.3, 0.4) is 0 Å². The predicted molar refractivity (Wildman–Crippen MR) is 165 cm³/mol. The van der Waals surface area contributed by atoms with Gasteiger partial charge in [0.1, 0.15) is 28.7 Å². The highest BCUT2D eigenvalue weighted by molar-refractivity contribution is 5.96. The van der Waals surface area contributed by atoms with E-state index in [4.69, 9.17) is 15.5 Å². The molecule has 10 nitrogen and oxygen atoms in total. The Morgan fingerprint density at radius 2 is 2.07 bits per heavy atom. The number of ether oxygens (including phenoxy) is 1. The summed E-state index contributed by atoms with van der Waals surface area (Å²) in [5, 5.41) is 5.66. The molecule has 1 unspecified atom stereocenters. The molecule has 3 aromatic rings. The van der Waals surface area contributed by atoms with Crippen LogP contribution in [0.2, 0.25) is 0 Å². The third-order valence-corrected chi connectivity index (χ3v) is 7.82. The average molecular weight is 604 g/mol. The van der Waals surface area contributed by atoms with Gasteiger partial charge in [-0.25, -0.2) is 23.7 Å². The number of nitrogens with zero attached hydrogens (tertiary/aromatic N) is 4. The Morgan fingerprint density at radius 1 is 1.27 bits per heavy atom. The van der Waals surface area contributed by atoms with Gasteiger partial charge < -0.3 is 21.1 Å². The summed E-state index contributed by atoms with van der Waals surface area (Å²) in [4.78, 5) is 38.6. The maximum atomic E-state index is 13.2. The summed E-state index contributed by atoms with van der Waals surface area (Å²) in [5.74, 6) is 0.594. The Kier molecular flexibility index (Phi) is 9.59. The highest BCUT2D eigenvalue weighted by Crippen LogP contribution is 2.39. The lowest BCUT2D eigenvalue weighted by Gasteiger charge is -2.14. The van der Waals surface area contributed by atoms with Crippen LogP contribution in [0, 0.1) is 0 Å². The van der Waals surface area contributed by atoms with Gasteiger partial charge in [0.25, 0.3) is 12.3 Å². The van der Waals surface area contributed by atoms with Gasteiger partial charge in [0.2, 0.25) is 5.91 Å². The van der Waals surface area contributed by atoms with Crippen LogP contribution in [0.15, 0.2) is 65.1 Å². The number of aliphatic imine (C=N–C) groups is 1. The van der Waals surface area contributed by atoms with E-state index >= 15 is 0 Å². The zero-order chi connectivity index (χ0) is 31.2. The number of rotatable bonds is 6. The van der Waals surface area contributed by atoms with Gasteiger partial charge in [-0.2, -0.15) is 0 Å². The van der Waals surface area contributed by atoms with Crippen molar-refractivity contribution in [2.75, 3.05) is 18.9 Å². The van der Waals surface area contributed by atoms with Crippen LogP contribution in [-0.2, 0) is 9.53 Å². The van der Waals surface area contributed by atoms with Crippen LogP contribution in [0.4, 0.5) is 14.6 Å². The molecule has 2 atom stereocenters. The molecule has 1 fully saturated rings. The van der Waals surface area contributed by atoms with Gasteiger partial charge in [0.05, 0.1) is 25.1 Å². The molecule has 2 amide bonds. The fraction of sp³-hybridized carbons (Fsp3) is 0.344. The molecule has 1 aliphatic heterocycles. The number of nitrogens with one attached hydrogen (secondary N) is 2. The summed E-state index contributed by atoms with van der Waals surface area (Å²) < 4.78 is 34.0. The van der Waals surface area contributed by atoms with E-state index in [-0.39, 0.29) is 29.3 Å². The summed E-state index contributed by atoms with van der Waals surface area (Å²) in [6, 6.07) is 6.79. The van der Waals surface area contributed by atoms with Crippen molar-refractivity contribution >= 4 is 35.9 Å². The number of benzene rings is 1. The molecule has 0 spiro atoms. The summed E-state index contributed by atoms with van der Waals surface area (Å²) in [5.41, 5.74) is 9.28. The first-order chi connectivity index (χ1) is 21.3. The molecule has 1 aromatic carbocycles. The summed E-state index contributed by atoms with van der Waals surface area (Å²) in [6.45, 7) is 5.72. The molecule has 44 heavy (non-hydrogen) atoms. The number of nitrogen functional groups attached to an aromatic ring is 1. The normalized spacial score (nSPS) is 20.6. The lowest BCUT2D eigenvalue weighted by Crippen LogP contribution is -2.33. The van der Waals surface area contributed by atoms with Gasteiger partial charge in [-0.15, -0.1) is 0 Å². The maximum Gasteiger partial charge on any atom is 0.263 e. The SMILES string of the molecule is C=N/C(=C\C(=C/C)C(F)F)NC(=O)c1ccc(-c2nc3n4c(cnc(N)c24)/C=C/CCOCCC(=O)NC2CC[C@@H]3C2)cc1. The van der Waals surface area contributed by atoms with E-state index in [1.807, 2.05) is 16.6 Å². The number of nitrogens with two attached hydrogens (primary N) is 1. The highest BCUT2D eigenvalue weighted by atomic mass is 19.3. The first-order valence-electron chi connectivity index (χ1n) is 14.5. The van der Waals surface area contributed by atoms with E-state index in [0.717, 1.165) is 42.4 Å². The van der Waals surface area contributed by atoms with Crippen molar-refractivity contribution in [2.45, 2.75) is 57.4 Å². The molecular weight excluding hydrogens is 568 g/mol. The van der Waals surface area contributed by atoms with E-state index in [0.29, 0.717) is 48.6 Å². The van der Waals surface area contributed by atoms with E-state index in [1.54, 1.807) is 30.5 Å². The number of allylic oxidation sites excluding steroid dienone is 3. The van der Waals surface area contributed by atoms with E-state index in [2.05, 4.69) is 27.3 Å². The molecule has 3 heterocycles. The number of alkyl halides is 2. The van der Waals surface area contributed by atoms with Gasteiger partial charge in [-0.3, -0.25) is 14.0 Å². The van der Waals surface area contributed by atoms with Gasteiger partial charge in [0.15, 0.2) is 0 Å². The Morgan fingerprint density at radius 3 is 2.80 bits per heavy atom. The molecule has 0 saturated heterocycles. The van der Waals surface area contributed by atoms with Gasteiger partial charge in [-0.05, 0) is 63.6 Å². The average Bonchev–Trinajstić information content (AvgIpc) is 3.64. The van der Waals surface area contributed by atoms with Crippen LogP contribution in [0.25, 0.3) is 22.9 Å². The quantitative estimate of drug-likeness (QED) is 0.267. The molecule has 2 aromatic heterocycles. The van der Waals surface area contributed by atoms with Crippen molar-refractivity contribution < 1.29 is 23.1 Å². The largest absolute Gasteiger partial charge is 0.382 e. The molecular formula is C32H35F2N7O3. The number of fused-ring (bicyclic) bond motifs is 3. The Labute approximate surface area is 253 Å². The molecule has 12 heteroatoms. The molecule has 1 saturated carbocycles. The van der Waals surface area contributed by atoms with Crippen molar-refractivity contribution in [1.29, 1.82) is 0 Å². The number of aromatic nitrogens is 3. The van der Waals surface area contributed by atoms with E-state index in [9.17, 15) is 18.4 Å². The molecule has 2 aliphatic rings. The van der Waals surface area contributed by atoms with E-state index < -0.39 is 12.3 Å². The third-order valence-electron chi connectivity index (χ3n) is 7.82. The molecule has 2 bridgehead atoms. The number of carbonyl (C=O) groups is 2.